The van der Waals surface area contributed by atoms with Crippen LogP contribution >= 0.6 is 0 Å². The molecule has 37 heavy (non-hydrogen) atoms. The second-order valence-corrected chi connectivity index (χ2v) is 10.1. The van der Waals surface area contributed by atoms with E-state index in [-0.39, 0.29) is 24.0 Å². The monoisotopic (exact) mass is 543 g/mol. The van der Waals surface area contributed by atoms with Crippen LogP contribution < -0.4 is 9.46 Å². The zero-order valence-electron chi connectivity index (χ0n) is 20.4. The van der Waals surface area contributed by atoms with Gasteiger partial charge in [-0.05, 0) is 50.0 Å². The van der Waals surface area contributed by atoms with Crippen molar-refractivity contribution in [2.24, 2.45) is 5.92 Å². The maximum absolute atomic E-state index is 13.6. The van der Waals surface area contributed by atoms with Gasteiger partial charge in [-0.3, -0.25) is 0 Å². The van der Waals surface area contributed by atoms with Crippen LogP contribution in [0.4, 0.5) is 4.39 Å². The predicted octanol–water partition coefficient (Wildman–Crippen LogP) is 1.45. The number of likely N-dealkylation sites (tertiary alicyclic amines) is 1. The first-order valence-electron chi connectivity index (χ1n) is 11.2. The number of fused-ring (bicyclic) bond motifs is 1. The molecule has 4 N–H and O–H groups in total. The van der Waals surface area contributed by atoms with Gasteiger partial charge in [-0.1, -0.05) is 0 Å². The number of methoxy groups -OCH3 is 1. The summed E-state index contributed by atoms with van der Waals surface area (Å²) in [4.78, 5) is 36.9. The summed E-state index contributed by atoms with van der Waals surface area (Å²) in [5.74, 6) is -3.01. The average Bonchev–Trinajstić information content (AvgIpc) is 3.19. The zero-order chi connectivity index (χ0) is 27.6. The molecule has 0 radical (unpaired) electrons. The van der Waals surface area contributed by atoms with Crippen LogP contribution in [0.1, 0.15) is 23.2 Å². The number of carbonyl (C=O) groups is 3. The fraction of sp³-hybridized carbons (Fsp3) is 0.435. The van der Waals surface area contributed by atoms with E-state index in [0.29, 0.717) is 36.1 Å². The van der Waals surface area contributed by atoms with Gasteiger partial charge in [0.1, 0.15) is 11.4 Å². The Bertz CT molecular complexity index is 1220. The van der Waals surface area contributed by atoms with Crippen molar-refractivity contribution >= 4 is 38.8 Å². The fourth-order valence-corrected chi connectivity index (χ4v) is 4.13. The predicted molar refractivity (Wildman–Crippen MR) is 132 cm³/mol. The van der Waals surface area contributed by atoms with Crippen LogP contribution in [-0.2, 0) is 24.3 Å². The number of hydrogen-bond donors (Lipinski definition) is 4. The van der Waals surface area contributed by atoms with E-state index < -0.39 is 33.7 Å². The van der Waals surface area contributed by atoms with Crippen molar-refractivity contribution in [3.63, 3.8) is 0 Å². The molecular weight excluding hydrogens is 513 g/mol. The smallest absolute Gasteiger partial charge is 0.344 e. The number of nitrogens with zero attached hydrogens (tertiary/aromatic N) is 1. The SMILES string of the molecule is COc1[nH]c2ccc(F)cc2c1C(=O)OCC1CCN(CCNS(C)(=O)=O)CC1.O=C(O)/C=C\C(=O)O. The molecule has 2 aromatic rings. The van der Waals surface area contributed by atoms with Crippen molar-refractivity contribution in [3.05, 3.63) is 41.7 Å². The van der Waals surface area contributed by atoms with Gasteiger partial charge in [-0.25, -0.2) is 31.9 Å². The number of halogens is 1. The van der Waals surface area contributed by atoms with E-state index in [1.165, 1.54) is 19.2 Å². The molecule has 1 aromatic carbocycles. The van der Waals surface area contributed by atoms with Gasteiger partial charge in [-0.15, -0.1) is 0 Å². The van der Waals surface area contributed by atoms with Crippen LogP contribution in [0, 0.1) is 11.7 Å². The summed E-state index contributed by atoms with van der Waals surface area (Å²) in [5.41, 5.74) is 0.803. The zero-order valence-corrected chi connectivity index (χ0v) is 21.2. The average molecular weight is 544 g/mol. The number of nitrogens with one attached hydrogen (secondary N) is 2. The van der Waals surface area contributed by atoms with E-state index in [1.54, 1.807) is 6.07 Å². The van der Waals surface area contributed by atoms with E-state index in [9.17, 15) is 27.2 Å². The van der Waals surface area contributed by atoms with Crippen LogP contribution in [0.25, 0.3) is 10.9 Å². The number of esters is 1. The van der Waals surface area contributed by atoms with Gasteiger partial charge in [0.25, 0.3) is 0 Å². The number of rotatable bonds is 10. The Labute approximate surface area is 213 Å². The molecule has 0 bridgehead atoms. The minimum absolute atomic E-state index is 0.200. The molecule has 1 saturated heterocycles. The molecule has 0 saturated carbocycles. The first-order chi connectivity index (χ1) is 17.4. The summed E-state index contributed by atoms with van der Waals surface area (Å²) in [5, 5.41) is 16.1. The van der Waals surface area contributed by atoms with Crippen molar-refractivity contribution < 1.29 is 46.9 Å². The molecule has 0 aliphatic carbocycles. The Balaban J connectivity index is 0.000000521. The van der Waals surface area contributed by atoms with Crippen LogP contribution in [-0.4, -0.2) is 92.6 Å². The summed E-state index contributed by atoms with van der Waals surface area (Å²) in [6, 6.07) is 4.15. The van der Waals surface area contributed by atoms with Crippen molar-refractivity contribution in [3.8, 4) is 5.88 Å². The van der Waals surface area contributed by atoms with Gasteiger partial charge >= 0.3 is 17.9 Å². The number of ether oxygens (including phenoxy) is 2. The summed E-state index contributed by atoms with van der Waals surface area (Å²) in [6.45, 7) is 2.94. The molecule has 1 aliphatic rings. The molecule has 0 spiro atoms. The Morgan fingerprint density at radius 1 is 1.19 bits per heavy atom. The van der Waals surface area contributed by atoms with Gasteiger partial charge in [-0.2, -0.15) is 0 Å². The number of sulfonamides is 1. The lowest BCUT2D eigenvalue weighted by Gasteiger charge is -2.31. The lowest BCUT2D eigenvalue weighted by molar-refractivity contribution is -0.134. The van der Waals surface area contributed by atoms with Crippen LogP contribution in [0.2, 0.25) is 0 Å². The van der Waals surface area contributed by atoms with Gasteiger partial charge in [0.05, 0.1) is 20.0 Å². The molecule has 2 heterocycles. The van der Waals surface area contributed by atoms with E-state index in [1.807, 2.05) is 0 Å². The highest BCUT2D eigenvalue weighted by Gasteiger charge is 2.24. The van der Waals surface area contributed by atoms with Gasteiger partial charge in [0, 0.05) is 36.1 Å². The second kappa shape index (κ2) is 13.7. The van der Waals surface area contributed by atoms with Crippen molar-refractivity contribution in [1.29, 1.82) is 0 Å². The van der Waals surface area contributed by atoms with Crippen LogP contribution in [0.15, 0.2) is 30.4 Å². The molecule has 204 valence electrons. The van der Waals surface area contributed by atoms with E-state index in [4.69, 9.17) is 19.7 Å². The molecule has 12 nitrogen and oxygen atoms in total. The standard InChI is InChI=1S/C19H26FN3O5S.C4H4O4/c1-27-18-17(15-11-14(20)3-4-16(15)22-18)19(24)28-12-13-5-8-23(9-6-13)10-7-21-29(2,25)26;5-3(6)1-2-4(7)8/h3-4,11,13,21-22H,5-10,12H2,1-2H3;1-2H,(H,5,6)(H,7,8)/b;2-1-. The highest BCUT2D eigenvalue weighted by Crippen LogP contribution is 2.29. The summed E-state index contributed by atoms with van der Waals surface area (Å²) >= 11 is 0. The minimum atomic E-state index is -3.17. The summed E-state index contributed by atoms with van der Waals surface area (Å²) in [6.07, 6.45) is 3.97. The van der Waals surface area contributed by atoms with Crippen molar-refractivity contribution in [1.82, 2.24) is 14.6 Å². The molecule has 14 heteroatoms. The topological polar surface area (TPSA) is 175 Å². The third kappa shape index (κ3) is 10.2. The first kappa shape index (κ1) is 29.7. The summed E-state index contributed by atoms with van der Waals surface area (Å²) < 4.78 is 49.0. The highest BCUT2D eigenvalue weighted by atomic mass is 32.2. The number of piperidine rings is 1. The fourth-order valence-electron chi connectivity index (χ4n) is 3.67. The molecule has 0 atom stereocenters. The lowest BCUT2D eigenvalue weighted by atomic mass is 9.98. The third-order valence-corrected chi connectivity index (χ3v) is 6.18. The molecule has 1 fully saturated rings. The Morgan fingerprint density at radius 3 is 2.35 bits per heavy atom. The molecule has 1 aromatic heterocycles. The van der Waals surface area contributed by atoms with Crippen molar-refractivity contribution in [2.45, 2.75) is 12.8 Å². The Morgan fingerprint density at radius 2 is 1.81 bits per heavy atom. The number of carbonyl (C=O) groups excluding carboxylic acids is 1. The van der Waals surface area contributed by atoms with Gasteiger partial charge in [0.2, 0.25) is 15.9 Å². The maximum atomic E-state index is 13.6. The lowest BCUT2D eigenvalue weighted by Crippen LogP contribution is -2.40. The molecule has 3 rings (SSSR count). The molecule has 0 unspecified atom stereocenters. The number of hydrogen-bond acceptors (Lipinski definition) is 8. The third-order valence-electron chi connectivity index (χ3n) is 5.45. The van der Waals surface area contributed by atoms with Gasteiger partial charge in [0.15, 0.2) is 0 Å². The Kier molecular flexibility index (Phi) is 11.0. The number of aliphatic carboxylic acids is 2. The molecule has 0 amide bonds. The second-order valence-electron chi connectivity index (χ2n) is 8.28. The van der Waals surface area contributed by atoms with Gasteiger partial charge < -0.3 is 29.6 Å². The van der Waals surface area contributed by atoms with E-state index in [2.05, 4.69) is 14.6 Å². The molecule has 1 aliphatic heterocycles. The summed E-state index contributed by atoms with van der Waals surface area (Å²) in [7, 11) is -1.73. The normalized spacial score (nSPS) is 14.8. The number of aromatic nitrogens is 1. The van der Waals surface area contributed by atoms with E-state index >= 15 is 0 Å². The quantitative estimate of drug-likeness (QED) is 0.253. The largest absolute Gasteiger partial charge is 0.482 e. The number of H-pyrrole nitrogens is 1. The van der Waals surface area contributed by atoms with Crippen molar-refractivity contribution in [2.75, 3.05) is 46.2 Å². The number of aromatic amines is 1. The van der Waals surface area contributed by atoms with Crippen LogP contribution in [0.3, 0.4) is 0 Å². The minimum Gasteiger partial charge on any atom is -0.482 e. The number of carboxylic acid groups (broad SMARTS) is 2. The van der Waals surface area contributed by atoms with Crippen LogP contribution in [0.5, 0.6) is 5.88 Å². The molecular formula is C23H30FN3O9S. The number of benzene rings is 1. The first-order valence-corrected chi connectivity index (χ1v) is 13.1. The maximum Gasteiger partial charge on any atom is 0.344 e. The Hall–Kier alpha value is -3.49. The van der Waals surface area contributed by atoms with E-state index in [0.717, 1.165) is 32.2 Å². The number of carboxylic acids is 2. The highest BCUT2D eigenvalue weighted by molar-refractivity contribution is 7.88.